The summed E-state index contributed by atoms with van der Waals surface area (Å²) in [5.41, 5.74) is 2.44. The lowest BCUT2D eigenvalue weighted by molar-refractivity contribution is 0.0942. The van der Waals surface area contributed by atoms with Crippen molar-refractivity contribution in [1.29, 1.82) is 0 Å². The van der Waals surface area contributed by atoms with Crippen LogP contribution in [0, 0.1) is 0 Å². The number of hydrogen-bond donors (Lipinski definition) is 1. The van der Waals surface area contributed by atoms with Crippen molar-refractivity contribution in [1.82, 2.24) is 15.1 Å². The average molecular weight is 411 g/mol. The summed E-state index contributed by atoms with van der Waals surface area (Å²) in [6, 6.07) is 16.4. The lowest BCUT2D eigenvalue weighted by Gasteiger charge is -2.11. The Kier molecular flexibility index (Phi) is 5.10. The van der Waals surface area contributed by atoms with E-state index >= 15 is 0 Å². The molecule has 1 saturated heterocycles. The van der Waals surface area contributed by atoms with Gasteiger partial charge in [0.25, 0.3) is 5.91 Å². The molecular formula is C21H21N3O4S. The monoisotopic (exact) mass is 411 g/mol. The van der Waals surface area contributed by atoms with E-state index in [0.29, 0.717) is 23.4 Å². The first-order valence-electron chi connectivity index (χ1n) is 9.26. The zero-order valence-corrected chi connectivity index (χ0v) is 16.7. The Hall–Kier alpha value is -3.13. The maximum absolute atomic E-state index is 13.0. The van der Waals surface area contributed by atoms with Crippen LogP contribution in [0.15, 0.2) is 60.8 Å². The van der Waals surface area contributed by atoms with E-state index in [4.69, 9.17) is 4.74 Å². The van der Waals surface area contributed by atoms with Crippen molar-refractivity contribution in [3.63, 3.8) is 0 Å². The van der Waals surface area contributed by atoms with E-state index in [1.807, 2.05) is 54.6 Å². The summed E-state index contributed by atoms with van der Waals surface area (Å²) >= 11 is 0. The van der Waals surface area contributed by atoms with Gasteiger partial charge in [-0.2, -0.15) is 5.10 Å². The van der Waals surface area contributed by atoms with E-state index in [1.54, 1.807) is 18.0 Å². The summed E-state index contributed by atoms with van der Waals surface area (Å²) in [7, 11) is -1.51. The predicted molar refractivity (Wildman–Crippen MR) is 110 cm³/mol. The molecule has 29 heavy (non-hydrogen) atoms. The normalized spacial score (nSPS) is 17.8. The molecule has 0 aliphatic carbocycles. The van der Waals surface area contributed by atoms with Crippen molar-refractivity contribution < 1.29 is 17.9 Å². The van der Waals surface area contributed by atoms with E-state index in [2.05, 4.69) is 10.4 Å². The second kappa shape index (κ2) is 7.71. The maximum Gasteiger partial charge on any atom is 0.255 e. The number of methoxy groups -OCH3 is 1. The molecule has 3 aromatic rings. The lowest BCUT2D eigenvalue weighted by atomic mass is 10.1. The zero-order valence-electron chi connectivity index (χ0n) is 15.9. The Bertz CT molecular complexity index is 1140. The minimum Gasteiger partial charge on any atom is -0.497 e. The highest BCUT2D eigenvalue weighted by Crippen LogP contribution is 2.27. The van der Waals surface area contributed by atoms with Gasteiger partial charge >= 0.3 is 0 Å². The summed E-state index contributed by atoms with van der Waals surface area (Å²) in [6.45, 7) is 0. The highest BCUT2D eigenvalue weighted by Gasteiger charge is 2.30. The van der Waals surface area contributed by atoms with E-state index in [-0.39, 0.29) is 23.5 Å². The molecule has 0 spiro atoms. The van der Waals surface area contributed by atoms with Crippen molar-refractivity contribution in [2.24, 2.45) is 0 Å². The van der Waals surface area contributed by atoms with Gasteiger partial charge in [0.05, 0.1) is 29.9 Å². The number of benzene rings is 2. The number of rotatable bonds is 5. The molecule has 8 heteroatoms. The number of sulfone groups is 1. The van der Waals surface area contributed by atoms with Crippen LogP contribution in [-0.2, 0) is 9.84 Å². The van der Waals surface area contributed by atoms with Crippen LogP contribution >= 0.6 is 0 Å². The van der Waals surface area contributed by atoms with Gasteiger partial charge < -0.3 is 10.1 Å². The van der Waals surface area contributed by atoms with E-state index in [1.165, 1.54) is 0 Å². The number of aromatic nitrogens is 2. The second-order valence-electron chi connectivity index (χ2n) is 6.98. The largest absolute Gasteiger partial charge is 0.497 e. The Labute approximate surface area is 169 Å². The number of carbonyl (C=O) groups excluding carboxylic acids is 1. The third-order valence-electron chi connectivity index (χ3n) is 4.89. The quantitative estimate of drug-likeness (QED) is 0.697. The summed E-state index contributed by atoms with van der Waals surface area (Å²) in [5, 5.41) is 7.48. The van der Waals surface area contributed by atoms with E-state index in [9.17, 15) is 13.2 Å². The van der Waals surface area contributed by atoms with Gasteiger partial charge in [-0.1, -0.05) is 30.3 Å². The van der Waals surface area contributed by atoms with Crippen LogP contribution in [0.1, 0.15) is 16.8 Å². The van der Waals surface area contributed by atoms with Crippen molar-refractivity contribution in [3.05, 3.63) is 66.4 Å². The van der Waals surface area contributed by atoms with Gasteiger partial charge in [0.1, 0.15) is 11.4 Å². The number of amides is 1. The van der Waals surface area contributed by atoms with Crippen molar-refractivity contribution in [3.8, 4) is 22.7 Å². The van der Waals surface area contributed by atoms with Gasteiger partial charge in [0.2, 0.25) is 0 Å². The van der Waals surface area contributed by atoms with Crippen LogP contribution in [0.4, 0.5) is 0 Å². The number of nitrogens with zero attached hydrogens (tertiary/aromatic N) is 2. The van der Waals surface area contributed by atoms with Crippen LogP contribution in [-0.4, -0.2) is 48.8 Å². The van der Waals surface area contributed by atoms with Gasteiger partial charge in [0, 0.05) is 17.8 Å². The fourth-order valence-corrected chi connectivity index (χ4v) is 5.08. The zero-order chi connectivity index (χ0) is 20.4. The third-order valence-corrected chi connectivity index (χ3v) is 6.66. The highest BCUT2D eigenvalue weighted by atomic mass is 32.2. The van der Waals surface area contributed by atoms with E-state index in [0.717, 1.165) is 11.3 Å². The first-order chi connectivity index (χ1) is 13.9. The van der Waals surface area contributed by atoms with Crippen LogP contribution in [0.25, 0.3) is 16.9 Å². The molecule has 4 rings (SSSR count). The first kappa shape index (κ1) is 19.2. The second-order valence-corrected chi connectivity index (χ2v) is 9.21. The molecule has 1 atom stereocenters. The van der Waals surface area contributed by atoms with Gasteiger partial charge in [-0.05, 0) is 30.7 Å². The van der Waals surface area contributed by atoms with Crippen molar-refractivity contribution >= 4 is 15.7 Å². The number of carbonyl (C=O) groups is 1. The fraction of sp³-hybridized carbons (Fsp3) is 0.238. The molecule has 0 bridgehead atoms. The Balaban J connectivity index is 1.72. The molecule has 1 amide bonds. The Morgan fingerprint density at radius 2 is 1.97 bits per heavy atom. The highest BCUT2D eigenvalue weighted by molar-refractivity contribution is 7.91. The van der Waals surface area contributed by atoms with Crippen molar-refractivity contribution in [2.75, 3.05) is 18.6 Å². The topological polar surface area (TPSA) is 90.3 Å². The Morgan fingerprint density at radius 1 is 1.17 bits per heavy atom. The lowest BCUT2D eigenvalue weighted by Crippen LogP contribution is -2.35. The van der Waals surface area contributed by atoms with Crippen molar-refractivity contribution in [2.45, 2.75) is 12.5 Å². The standard InChI is InChI=1S/C21H21N3O4S/c1-28-18-9-5-6-15(12-18)20-19(13-24(23-20)17-7-3-2-4-8-17)21(25)22-16-10-11-29(26,27)14-16/h2-9,12-13,16H,10-11,14H2,1H3,(H,22,25). The molecule has 7 nitrogen and oxygen atoms in total. The molecule has 1 fully saturated rings. The molecule has 2 heterocycles. The molecule has 150 valence electrons. The van der Waals surface area contributed by atoms with Gasteiger partial charge in [0.15, 0.2) is 9.84 Å². The number of hydrogen-bond acceptors (Lipinski definition) is 5. The van der Waals surface area contributed by atoms with E-state index < -0.39 is 9.84 Å². The molecular weight excluding hydrogens is 390 g/mol. The maximum atomic E-state index is 13.0. The third kappa shape index (κ3) is 4.17. The molecule has 2 aromatic carbocycles. The first-order valence-corrected chi connectivity index (χ1v) is 11.1. The summed E-state index contributed by atoms with van der Waals surface area (Å²) < 4.78 is 30.4. The molecule has 0 saturated carbocycles. The van der Waals surface area contributed by atoms with Crippen LogP contribution in [0.5, 0.6) is 5.75 Å². The molecule has 1 aliphatic heterocycles. The molecule has 1 aliphatic rings. The number of nitrogens with one attached hydrogen (secondary N) is 1. The van der Waals surface area contributed by atoms with Crippen LogP contribution in [0.3, 0.4) is 0 Å². The average Bonchev–Trinajstić information content (AvgIpc) is 3.32. The summed E-state index contributed by atoms with van der Waals surface area (Å²) in [6.07, 6.45) is 2.10. The van der Waals surface area contributed by atoms with Crippen LogP contribution in [0.2, 0.25) is 0 Å². The minimum atomic E-state index is -3.08. The summed E-state index contributed by atoms with van der Waals surface area (Å²) in [5.74, 6) is 0.390. The molecule has 1 aromatic heterocycles. The fourth-order valence-electron chi connectivity index (χ4n) is 3.41. The molecule has 1 N–H and O–H groups in total. The Morgan fingerprint density at radius 3 is 2.66 bits per heavy atom. The predicted octanol–water partition coefficient (Wildman–Crippen LogP) is 2.46. The van der Waals surface area contributed by atoms with Gasteiger partial charge in [-0.3, -0.25) is 4.79 Å². The SMILES string of the molecule is COc1cccc(-c2nn(-c3ccccc3)cc2C(=O)NC2CCS(=O)(=O)C2)c1. The number of para-hydroxylation sites is 1. The van der Waals surface area contributed by atoms with Crippen LogP contribution < -0.4 is 10.1 Å². The number of ether oxygens (including phenoxy) is 1. The summed E-state index contributed by atoms with van der Waals surface area (Å²) in [4.78, 5) is 13.0. The van der Waals surface area contributed by atoms with Gasteiger partial charge in [-0.25, -0.2) is 13.1 Å². The molecule has 0 radical (unpaired) electrons. The molecule has 1 unspecified atom stereocenters. The smallest absolute Gasteiger partial charge is 0.255 e. The van der Waals surface area contributed by atoms with Gasteiger partial charge in [-0.15, -0.1) is 0 Å². The minimum absolute atomic E-state index is 0.0277.